The third kappa shape index (κ3) is 6.96. The summed E-state index contributed by atoms with van der Waals surface area (Å²) in [4.78, 5) is 30.0. The summed E-state index contributed by atoms with van der Waals surface area (Å²) in [6, 6.07) is 4.67. The first kappa shape index (κ1) is 27.9. The molecule has 37 heavy (non-hydrogen) atoms. The Morgan fingerprint density at radius 1 is 1.30 bits per heavy atom. The van der Waals surface area contributed by atoms with Gasteiger partial charge in [0.1, 0.15) is 34.5 Å². The molecule has 10 heteroatoms. The summed E-state index contributed by atoms with van der Waals surface area (Å²) >= 11 is 6.29. The van der Waals surface area contributed by atoms with Gasteiger partial charge in [-0.15, -0.1) is 0 Å². The first-order valence-corrected chi connectivity index (χ1v) is 11.9. The Hall–Kier alpha value is -3.69. The van der Waals surface area contributed by atoms with Crippen molar-refractivity contribution in [2.24, 2.45) is 4.99 Å². The summed E-state index contributed by atoms with van der Waals surface area (Å²) in [5.41, 5.74) is 1.49. The fraction of sp³-hybridized carbons (Fsp3) is 0.296. The predicted octanol–water partition coefficient (Wildman–Crippen LogP) is 5.24. The zero-order valence-corrected chi connectivity index (χ0v) is 22.3. The molecule has 0 unspecified atom stereocenters. The van der Waals surface area contributed by atoms with Crippen molar-refractivity contribution in [3.05, 3.63) is 91.9 Å². The molecule has 3 rings (SSSR count). The Balaban J connectivity index is 1.82. The lowest BCUT2D eigenvalue weighted by atomic mass is 10.1. The number of aliphatic hydroxyl groups is 1. The largest absolute Gasteiger partial charge is 0.485 e. The van der Waals surface area contributed by atoms with E-state index >= 15 is 0 Å². The van der Waals surface area contributed by atoms with Gasteiger partial charge >= 0.3 is 0 Å². The van der Waals surface area contributed by atoms with Crippen molar-refractivity contribution in [2.75, 3.05) is 0 Å². The number of halogens is 2. The lowest BCUT2D eigenvalue weighted by Crippen LogP contribution is -2.20. The van der Waals surface area contributed by atoms with Crippen molar-refractivity contribution in [1.82, 2.24) is 19.5 Å². The SMILES string of the molecule is C\C=C(/N=C\C(C)=C\n1c(C)cc(OCc2ncc(C)cc2F)c(Cl)c1=O)c1ccnc(C(C)(C)O)n1. The first-order chi connectivity index (χ1) is 17.4. The molecule has 1 N–H and O–H groups in total. The Bertz CT molecular complexity index is 1460. The Morgan fingerprint density at radius 2 is 2.03 bits per heavy atom. The molecule has 8 nitrogen and oxygen atoms in total. The van der Waals surface area contributed by atoms with Crippen LogP contribution in [0.5, 0.6) is 5.75 Å². The van der Waals surface area contributed by atoms with E-state index in [2.05, 4.69) is 19.9 Å². The van der Waals surface area contributed by atoms with E-state index in [1.165, 1.54) is 16.8 Å². The van der Waals surface area contributed by atoms with Crippen molar-refractivity contribution in [3.63, 3.8) is 0 Å². The second-order valence-electron chi connectivity index (χ2n) is 9.00. The molecule has 0 fully saturated rings. The minimum Gasteiger partial charge on any atom is -0.485 e. The smallest absolute Gasteiger partial charge is 0.277 e. The lowest BCUT2D eigenvalue weighted by molar-refractivity contribution is 0.0686. The summed E-state index contributed by atoms with van der Waals surface area (Å²) < 4.78 is 21.1. The number of allylic oxidation sites excluding steroid dienone is 2. The van der Waals surface area contributed by atoms with Crippen LogP contribution < -0.4 is 10.3 Å². The molecular formula is C27H29ClFN5O3. The zero-order valence-electron chi connectivity index (χ0n) is 21.6. The number of hydrogen-bond donors (Lipinski definition) is 1. The van der Waals surface area contributed by atoms with Gasteiger partial charge in [-0.1, -0.05) is 17.7 Å². The Kier molecular flexibility index (Phi) is 8.73. The number of rotatable bonds is 8. The van der Waals surface area contributed by atoms with Crippen LogP contribution >= 0.6 is 11.6 Å². The molecule has 0 aliphatic heterocycles. The second-order valence-corrected chi connectivity index (χ2v) is 9.38. The van der Waals surface area contributed by atoms with Crippen molar-refractivity contribution in [1.29, 1.82) is 0 Å². The fourth-order valence-electron chi connectivity index (χ4n) is 3.27. The van der Waals surface area contributed by atoms with E-state index in [0.29, 0.717) is 28.2 Å². The average Bonchev–Trinajstić information content (AvgIpc) is 2.84. The molecule has 0 bridgehead atoms. The van der Waals surface area contributed by atoms with Crippen LogP contribution in [0.1, 0.15) is 56.2 Å². The number of pyridine rings is 2. The second kappa shape index (κ2) is 11.6. The summed E-state index contributed by atoms with van der Waals surface area (Å²) in [6.45, 7) is 10.1. The number of aryl methyl sites for hydroxylation is 2. The lowest BCUT2D eigenvalue weighted by Gasteiger charge is -2.15. The topological polar surface area (TPSA) is 102 Å². The van der Waals surface area contributed by atoms with Gasteiger partial charge in [-0.25, -0.2) is 14.4 Å². The molecule has 3 heterocycles. The normalized spacial score (nSPS) is 12.9. The third-order valence-corrected chi connectivity index (χ3v) is 5.59. The van der Waals surface area contributed by atoms with Crippen LogP contribution in [0, 0.1) is 19.7 Å². The van der Waals surface area contributed by atoms with Gasteiger partial charge in [-0.3, -0.25) is 19.3 Å². The van der Waals surface area contributed by atoms with Gasteiger partial charge in [-0.2, -0.15) is 0 Å². The Morgan fingerprint density at radius 3 is 2.68 bits per heavy atom. The molecule has 0 atom stereocenters. The predicted molar refractivity (Wildman–Crippen MR) is 143 cm³/mol. The molecule has 194 valence electrons. The van der Waals surface area contributed by atoms with Gasteiger partial charge in [-0.05, 0) is 64.8 Å². The number of aliphatic imine (C=N–C) groups is 1. The summed E-state index contributed by atoms with van der Waals surface area (Å²) in [6.07, 6.45) is 8.09. The van der Waals surface area contributed by atoms with Gasteiger partial charge in [0.25, 0.3) is 5.56 Å². The van der Waals surface area contributed by atoms with E-state index < -0.39 is 17.0 Å². The van der Waals surface area contributed by atoms with Crippen LogP contribution in [-0.4, -0.2) is 30.8 Å². The van der Waals surface area contributed by atoms with Crippen molar-refractivity contribution >= 4 is 29.7 Å². The van der Waals surface area contributed by atoms with Crippen LogP contribution in [0.3, 0.4) is 0 Å². The van der Waals surface area contributed by atoms with Crippen molar-refractivity contribution in [3.8, 4) is 5.75 Å². The number of hydrogen-bond acceptors (Lipinski definition) is 7. The van der Waals surface area contributed by atoms with E-state index in [1.807, 2.05) is 6.92 Å². The van der Waals surface area contributed by atoms with Crippen LogP contribution in [0.2, 0.25) is 5.02 Å². The molecule has 0 spiro atoms. The minimum atomic E-state index is -1.19. The van der Waals surface area contributed by atoms with Gasteiger partial charge in [0.15, 0.2) is 5.82 Å². The zero-order chi connectivity index (χ0) is 27.3. The molecular weight excluding hydrogens is 497 g/mol. The summed E-state index contributed by atoms with van der Waals surface area (Å²) in [7, 11) is 0. The van der Waals surface area contributed by atoms with Crippen molar-refractivity contribution < 1.29 is 14.2 Å². The van der Waals surface area contributed by atoms with Gasteiger partial charge < -0.3 is 9.84 Å². The van der Waals surface area contributed by atoms with Crippen LogP contribution in [0.15, 0.2) is 52.0 Å². The van der Waals surface area contributed by atoms with Gasteiger partial charge in [0.2, 0.25) is 0 Å². The molecule has 0 aliphatic rings. The molecule has 3 aromatic heterocycles. The summed E-state index contributed by atoms with van der Waals surface area (Å²) in [5.74, 6) is -0.0610. The van der Waals surface area contributed by atoms with E-state index in [9.17, 15) is 14.3 Å². The maximum absolute atomic E-state index is 14.1. The first-order valence-electron chi connectivity index (χ1n) is 11.5. The molecule has 0 saturated carbocycles. The standard InChI is InChI=1S/C27H29ClFN5O3/c1-7-20(21-8-9-30-26(33-21)27(5,6)36)31-13-17(3)14-34-18(4)11-23(24(28)25(34)35)37-15-22-19(29)10-16(2)12-32-22/h7-14,36H,15H2,1-6H3/b17-14+,20-7-,31-13-. The minimum absolute atomic E-state index is 0.119. The maximum atomic E-state index is 14.1. The third-order valence-electron chi connectivity index (χ3n) is 5.24. The molecule has 0 radical (unpaired) electrons. The average molecular weight is 526 g/mol. The highest BCUT2D eigenvalue weighted by Gasteiger charge is 2.20. The Labute approximate surface area is 219 Å². The molecule has 0 amide bonds. The number of aromatic nitrogens is 4. The van der Waals surface area contributed by atoms with E-state index in [0.717, 1.165) is 0 Å². The number of nitrogens with zero attached hydrogens (tertiary/aromatic N) is 5. The van der Waals surface area contributed by atoms with E-state index in [-0.39, 0.29) is 28.9 Å². The maximum Gasteiger partial charge on any atom is 0.277 e. The van der Waals surface area contributed by atoms with Gasteiger partial charge in [0, 0.05) is 36.6 Å². The molecule has 0 aliphatic carbocycles. The highest BCUT2D eigenvalue weighted by Crippen LogP contribution is 2.24. The monoisotopic (exact) mass is 525 g/mol. The van der Waals surface area contributed by atoms with E-state index in [1.54, 1.807) is 71.4 Å². The highest BCUT2D eigenvalue weighted by molar-refractivity contribution is 6.31. The van der Waals surface area contributed by atoms with Crippen LogP contribution in [-0.2, 0) is 12.2 Å². The molecule has 0 saturated heterocycles. The van der Waals surface area contributed by atoms with E-state index in [4.69, 9.17) is 16.3 Å². The molecule has 3 aromatic rings. The summed E-state index contributed by atoms with van der Waals surface area (Å²) in [5, 5.41) is 10.1. The highest BCUT2D eigenvalue weighted by atomic mass is 35.5. The van der Waals surface area contributed by atoms with Crippen LogP contribution in [0.4, 0.5) is 4.39 Å². The fourth-order valence-corrected chi connectivity index (χ4v) is 3.47. The van der Waals surface area contributed by atoms with Gasteiger partial charge in [0.05, 0.1) is 11.4 Å². The van der Waals surface area contributed by atoms with Crippen molar-refractivity contribution in [2.45, 2.75) is 53.8 Å². The van der Waals surface area contributed by atoms with Crippen LogP contribution in [0.25, 0.3) is 11.9 Å². The molecule has 0 aromatic carbocycles. The number of ether oxygens (including phenoxy) is 1. The quantitative estimate of drug-likeness (QED) is 0.403.